The fourth-order valence-corrected chi connectivity index (χ4v) is 3.17. The summed E-state index contributed by atoms with van der Waals surface area (Å²) in [6.45, 7) is 2.29. The molecule has 0 bridgehead atoms. The van der Waals surface area contributed by atoms with Crippen molar-refractivity contribution in [3.05, 3.63) is 23.5 Å². The van der Waals surface area contributed by atoms with Crippen molar-refractivity contribution in [3.8, 4) is 0 Å². The van der Waals surface area contributed by atoms with Gasteiger partial charge in [0.25, 0.3) is 0 Å². The van der Waals surface area contributed by atoms with E-state index in [1.807, 2.05) is 6.20 Å². The molecule has 3 N–H and O–H groups in total. The second-order valence-corrected chi connectivity index (χ2v) is 5.87. The van der Waals surface area contributed by atoms with E-state index < -0.39 is 0 Å². The molecule has 1 fully saturated rings. The lowest BCUT2D eigenvalue weighted by molar-refractivity contribution is 0.342. The van der Waals surface area contributed by atoms with Gasteiger partial charge < -0.3 is 0 Å². The van der Waals surface area contributed by atoms with Crippen molar-refractivity contribution in [2.75, 3.05) is 0 Å². The summed E-state index contributed by atoms with van der Waals surface area (Å²) < 4.78 is 2.08. The van der Waals surface area contributed by atoms with Crippen molar-refractivity contribution in [3.63, 3.8) is 0 Å². The number of thiazole rings is 1. The first-order valence-corrected chi connectivity index (χ1v) is 7.03. The van der Waals surface area contributed by atoms with Crippen LogP contribution in [0.1, 0.15) is 25.5 Å². The Morgan fingerprint density at radius 1 is 1.65 bits per heavy atom. The average molecular weight is 250 g/mol. The molecule has 2 aromatic heterocycles. The molecule has 1 aliphatic rings. The van der Waals surface area contributed by atoms with Crippen molar-refractivity contribution in [2.45, 2.75) is 32.2 Å². The standard InChI is InChI=1S/C12H18N4S/c1-8(9-2-3-9)11(15-13)6-10-7-16-4-5-17-12(16)14-10/h4-5,7-9,11,15H,2-3,6,13H2,1H3. The summed E-state index contributed by atoms with van der Waals surface area (Å²) in [5.41, 5.74) is 4.09. The highest BCUT2D eigenvalue weighted by Gasteiger charge is 2.33. The van der Waals surface area contributed by atoms with Crippen molar-refractivity contribution in [1.82, 2.24) is 14.8 Å². The number of hydrogen-bond acceptors (Lipinski definition) is 4. The van der Waals surface area contributed by atoms with Crippen molar-refractivity contribution < 1.29 is 0 Å². The van der Waals surface area contributed by atoms with Gasteiger partial charge in [0.15, 0.2) is 4.96 Å². The van der Waals surface area contributed by atoms with E-state index in [4.69, 9.17) is 5.84 Å². The first-order valence-electron chi connectivity index (χ1n) is 6.15. The number of hydrogen-bond donors (Lipinski definition) is 2. The predicted molar refractivity (Wildman–Crippen MR) is 69.8 cm³/mol. The van der Waals surface area contributed by atoms with Gasteiger partial charge in [-0.15, -0.1) is 11.3 Å². The molecule has 92 valence electrons. The summed E-state index contributed by atoms with van der Waals surface area (Å²) in [5, 5.41) is 2.05. The van der Waals surface area contributed by atoms with E-state index in [0.717, 1.165) is 23.0 Å². The van der Waals surface area contributed by atoms with Crippen LogP contribution in [-0.4, -0.2) is 15.4 Å². The molecule has 4 nitrogen and oxygen atoms in total. The molecule has 3 rings (SSSR count). The molecule has 2 unspecified atom stereocenters. The molecule has 5 heteroatoms. The van der Waals surface area contributed by atoms with Gasteiger partial charge in [0.05, 0.1) is 5.69 Å². The number of nitrogens with one attached hydrogen (secondary N) is 1. The van der Waals surface area contributed by atoms with Gasteiger partial charge in [0.2, 0.25) is 0 Å². The number of nitrogens with two attached hydrogens (primary N) is 1. The minimum absolute atomic E-state index is 0.340. The highest BCUT2D eigenvalue weighted by molar-refractivity contribution is 7.15. The van der Waals surface area contributed by atoms with Crippen LogP contribution < -0.4 is 11.3 Å². The molecule has 17 heavy (non-hydrogen) atoms. The smallest absolute Gasteiger partial charge is 0.193 e. The number of imidazole rings is 1. The zero-order valence-electron chi connectivity index (χ0n) is 9.97. The van der Waals surface area contributed by atoms with Crippen LogP contribution in [0.2, 0.25) is 0 Å². The number of hydrazine groups is 1. The summed E-state index contributed by atoms with van der Waals surface area (Å²) in [6, 6.07) is 0.340. The molecule has 2 heterocycles. The second-order valence-electron chi connectivity index (χ2n) is 5.00. The van der Waals surface area contributed by atoms with Gasteiger partial charge in [-0.3, -0.25) is 15.7 Å². The number of rotatable bonds is 5. The topological polar surface area (TPSA) is 55.3 Å². The first-order chi connectivity index (χ1) is 8.28. The Morgan fingerprint density at radius 2 is 2.47 bits per heavy atom. The third-order valence-corrected chi connectivity index (χ3v) is 4.56. The average Bonchev–Trinajstić information content (AvgIpc) is 2.96. The van der Waals surface area contributed by atoms with E-state index in [1.54, 1.807) is 11.3 Å². The molecule has 0 aliphatic heterocycles. The lowest BCUT2D eigenvalue weighted by atomic mass is 9.94. The fourth-order valence-electron chi connectivity index (χ4n) is 2.45. The monoisotopic (exact) mass is 250 g/mol. The van der Waals surface area contributed by atoms with Crippen molar-refractivity contribution in [2.24, 2.45) is 17.7 Å². The molecule has 2 aromatic rings. The molecular weight excluding hydrogens is 232 g/mol. The lowest BCUT2D eigenvalue weighted by Crippen LogP contribution is -2.42. The highest BCUT2D eigenvalue weighted by Crippen LogP contribution is 2.38. The minimum Gasteiger partial charge on any atom is -0.297 e. The molecule has 1 saturated carbocycles. The maximum Gasteiger partial charge on any atom is 0.193 e. The van der Waals surface area contributed by atoms with Gasteiger partial charge >= 0.3 is 0 Å². The number of fused-ring (bicyclic) bond motifs is 1. The van der Waals surface area contributed by atoms with Crippen LogP contribution in [0.4, 0.5) is 0 Å². The third-order valence-electron chi connectivity index (χ3n) is 3.79. The van der Waals surface area contributed by atoms with Gasteiger partial charge in [-0.1, -0.05) is 6.92 Å². The van der Waals surface area contributed by atoms with Gasteiger partial charge in [-0.25, -0.2) is 4.98 Å². The molecule has 0 aromatic carbocycles. The van der Waals surface area contributed by atoms with E-state index in [0.29, 0.717) is 12.0 Å². The van der Waals surface area contributed by atoms with Crippen LogP contribution in [0, 0.1) is 11.8 Å². The minimum atomic E-state index is 0.340. The number of aromatic nitrogens is 2. The van der Waals surface area contributed by atoms with Crippen molar-refractivity contribution in [1.29, 1.82) is 0 Å². The van der Waals surface area contributed by atoms with Crippen LogP contribution in [0.25, 0.3) is 4.96 Å². The summed E-state index contributed by atoms with van der Waals surface area (Å²) in [7, 11) is 0. The summed E-state index contributed by atoms with van der Waals surface area (Å²) >= 11 is 1.67. The maximum absolute atomic E-state index is 5.67. The van der Waals surface area contributed by atoms with Gasteiger partial charge in [-0.05, 0) is 24.7 Å². The lowest BCUT2D eigenvalue weighted by Gasteiger charge is -2.22. The molecule has 1 aliphatic carbocycles. The van der Waals surface area contributed by atoms with E-state index in [1.165, 1.54) is 12.8 Å². The van der Waals surface area contributed by atoms with Crippen LogP contribution in [0.15, 0.2) is 17.8 Å². The van der Waals surface area contributed by atoms with Crippen LogP contribution in [-0.2, 0) is 6.42 Å². The van der Waals surface area contributed by atoms with Crippen LogP contribution >= 0.6 is 11.3 Å². The Morgan fingerprint density at radius 3 is 3.12 bits per heavy atom. The largest absolute Gasteiger partial charge is 0.297 e. The Bertz CT molecular complexity index is 471. The Kier molecular flexibility index (Phi) is 2.90. The SMILES string of the molecule is CC(C1CC1)C(Cc1cn2ccsc2n1)NN. The maximum atomic E-state index is 5.67. The van der Waals surface area contributed by atoms with Gasteiger partial charge in [0.1, 0.15) is 0 Å². The Labute approximate surface area is 105 Å². The van der Waals surface area contributed by atoms with Gasteiger partial charge in [0, 0.05) is 30.2 Å². The molecule has 0 amide bonds. The zero-order chi connectivity index (χ0) is 11.8. The molecule has 2 atom stereocenters. The van der Waals surface area contributed by atoms with Crippen LogP contribution in [0.5, 0.6) is 0 Å². The first kappa shape index (κ1) is 11.2. The summed E-state index contributed by atoms with van der Waals surface area (Å²) in [6.07, 6.45) is 7.79. The Balaban J connectivity index is 1.73. The zero-order valence-corrected chi connectivity index (χ0v) is 10.8. The third kappa shape index (κ3) is 2.22. The number of nitrogens with zero attached hydrogens (tertiary/aromatic N) is 2. The Hall–Kier alpha value is -0.910. The molecule has 0 radical (unpaired) electrons. The predicted octanol–water partition coefficient (Wildman–Crippen LogP) is 1.82. The summed E-state index contributed by atoms with van der Waals surface area (Å²) in [5.74, 6) is 7.17. The molecule has 0 saturated heterocycles. The van der Waals surface area contributed by atoms with Crippen LogP contribution in [0.3, 0.4) is 0 Å². The quantitative estimate of drug-likeness (QED) is 0.628. The van der Waals surface area contributed by atoms with Gasteiger partial charge in [-0.2, -0.15) is 0 Å². The highest BCUT2D eigenvalue weighted by atomic mass is 32.1. The van der Waals surface area contributed by atoms with E-state index in [9.17, 15) is 0 Å². The molecular formula is C12H18N4S. The second kappa shape index (κ2) is 4.40. The normalized spacial score (nSPS) is 19.6. The van der Waals surface area contributed by atoms with E-state index in [-0.39, 0.29) is 0 Å². The summed E-state index contributed by atoms with van der Waals surface area (Å²) in [4.78, 5) is 5.67. The van der Waals surface area contributed by atoms with E-state index >= 15 is 0 Å². The fraction of sp³-hybridized carbons (Fsp3) is 0.583. The van der Waals surface area contributed by atoms with E-state index in [2.05, 4.69) is 33.3 Å². The van der Waals surface area contributed by atoms with Crippen molar-refractivity contribution >= 4 is 16.3 Å². The molecule has 0 spiro atoms.